The highest BCUT2D eigenvalue weighted by molar-refractivity contribution is 7.93. The van der Waals surface area contributed by atoms with Crippen LogP contribution in [0, 0.1) is 5.92 Å². The van der Waals surface area contributed by atoms with Crippen molar-refractivity contribution in [1.82, 2.24) is 4.90 Å². The molecule has 1 aromatic rings. The van der Waals surface area contributed by atoms with E-state index in [-0.39, 0.29) is 11.7 Å². The standard InChI is InChI=1S/C17H25NO5S/c1-21-10-14-4-5-24(19,20)17(14)11-18(12-17)9-13-6-15(22-2)8-16(7-13)23-3/h6-8,14H,4-5,9-12H2,1-3H3. The zero-order chi connectivity index (χ0) is 17.4. The molecule has 1 aromatic carbocycles. The lowest BCUT2D eigenvalue weighted by Crippen LogP contribution is -2.67. The second-order valence-electron chi connectivity index (χ2n) is 6.69. The van der Waals surface area contributed by atoms with Gasteiger partial charge in [-0.25, -0.2) is 8.42 Å². The summed E-state index contributed by atoms with van der Waals surface area (Å²) >= 11 is 0. The number of benzene rings is 1. The highest BCUT2D eigenvalue weighted by atomic mass is 32.2. The maximum atomic E-state index is 12.5. The van der Waals surface area contributed by atoms with E-state index in [1.165, 1.54) is 0 Å². The lowest BCUT2D eigenvalue weighted by Gasteiger charge is -2.50. The molecule has 1 unspecified atom stereocenters. The smallest absolute Gasteiger partial charge is 0.158 e. The lowest BCUT2D eigenvalue weighted by atomic mass is 9.83. The van der Waals surface area contributed by atoms with Crippen molar-refractivity contribution in [2.75, 3.05) is 46.8 Å². The summed E-state index contributed by atoms with van der Waals surface area (Å²) in [5, 5.41) is 0. The molecule has 2 aliphatic heterocycles. The Morgan fingerprint density at radius 2 is 1.75 bits per heavy atom. The highest BCUT2D eigenvalue weighted by Crippen LogP contribution is 2.45. The fraction of sp³-hybridized carbons (Fsp3) is 0.647. The topological polar surface area (TPSA) is 65.1 Å². The molecule has 0 bridgehead atoms. The molecule has 0 radical (unpaired) electrons. The number of likely N-dealkylation sites (tertiary alicyclic amines) is 1. The van der Waals surface area contributed by atoms with Gasteiger partial charge in [-0.1, -0.05) is 0 Å². The van der Waals surface area contributed by atoms with Gasteiger partial charge in [0.1, 0.15) is 16.2 Å². The van der Waals surface area contributed by atoms with Gasteiger partial charge in [-0.2, -0.15) is 0 Å². The Balaban J connectivity index is 1.72. The Bertz CT molecular complexity index is 675. The molecular formula is C17H25NO5S. The largest absolute Gasteiger partial charge is 0.497 e. The normalized spacial score (nSPS) is 24.7. The third kappa shape index (κ3) is 2.89. The van der Waals surface area contributed by atoms with Gasteiger partial charge in [0.2, 0.25) is 0 Å². The van der Waals surface area contributed by atoms with E-state index in [0.717, 1.165) is 17.1 Å². The molecule has 6 nitrogen and oxygen atoms in total. The number of hydrogen-bond acceptors (Lipinski definition) is 6. The van der Waals surface area contributed by atoms with E-state index in [1.54, 1.807) is 21.3 Å². The van der Waals surface area contributed by atoms with Crippen molar-refractivity contribution >= 4 is 9.84 Å². The van der Waals surface area contributed by atoms with Crippen LogP contribution in [-0.2, 0) is 21.1 Å². The van der Waals surface area contributed by atoms with Crippen LogP contribution in [0.4, 0.5) is 0 Å². The van der Waals surface area contributed by atoms with Crippen LogP contribution in [-0.4, -0.2) is 64.8 Å². The third-order valence-electron chi connectivity index (χ3n) is 5.27. The zero-order valence-electron chi connectivity index (χ0n) is 14.4. The Hall–Kier alpha value is -1.31. The molecule has 134 valence electrons. The number of methoxy groups -OCH3 is 3. The second-order valence-corrected chi connectivity index (χ2v) is 9.14. The molecule has 24 heavy (non-hydrogen) atoms. The Labute approximate surface area is 143 Å². The van der Waals surface area contributed by atoms with Gasteiger partial charge in [0.15, 0.2) is 9.84 Å². The molecule has 2 saturated heterocycles. The molecule has 1 atom stereocenters. The van der Waals surface area contributed by atoms with Gasteiger partial charge in [-0.3, -0.25) is 4.90 Å². The predicted molar refractivity (Wildman–Crippen MR) is 91.3 cm³/mol. The van der Waals surface area contributed by atoms with E-state index in [4.69, 9.17) is 14.2 Å². The van der Waals surface area contributed by atoms with Crippen LogP contribution < -0.4 is 9.47 Å². The average Bonchev–Trinajstić information content (AvgIpc) is 2.79. The van der Waals surface area contributed by atoms with Gasteiger partial charge < -0.3 is 14.2 Å². The van der Waals surface area contributed by atoms with E-state index >= 15 is 0 Å². The van der Waals surface area contributed by atoms with Crippen molar-refractivity contribution in [3.63, 3.8) is 0 Å². The highest BCUT2D eigenvalue weighted by Gasteiger charge is 2.61. The molecule has 3 rings (SSSR count). The quantitative estimate of drug-likeness (QED) is 0.767. The van der Waals surface area contributed by atoms with E-state index in [9.17, 15) is 8.42 Å². The molecule has 7 heteroatoms. The van der Waals surface area contributed by atoms with Crippen molar-refractivity contribution in [2.24, 2.45) is 5.92 Å². The first kappa shape index (κ1) is 17.5. The van der Waals surface area contributed by atoms with Gasteiger partial charge in [0.05, 0.1) is 26.6 Å². The summed E-state index contributed by atoms with van der Waals surface area (Å²) < 4.78 is 40.3. The van der Waals surface area contributed by atoms with Gasteiger partial charge >= 0.3 is 0 Å². The van der Waals surface area contributed by atoms with Crippen LogP contribution in [0.2, 0.25) is 0 Å². The Morgan fingerprint density at radius 1 is 1.12 bits per heavy atom. The number of ether oxygens (including phenoxy) is 3. The van der Waals surface area contributed by atoms with E-state index in [0.29, 0.717) is 32.7 Å². The third-order valence-corrected chi connectivity index (χ3v) is 7.87. The van der Waals surface area contributed by atoms with Crippen molar-refractivity contribution in [1.29, 1.82) is 0 Å². The van der Waals surface area contributed by atoms with Gasteiger partial charge in [0.25, 0.3) is 0 Å². The summed E-state index contributed by atoms with van der Waals surface area (Å²) in [5.74, 6) is 1.86. The van der Waals surface area contributed by atoms with Crippen LogP contribution in [0.1, 0.15) is 12.0 Å². The van der Waals surface area contributed by atoms with Gasteiger partial charge in [0, 0.05) is 38.7 Å². The molecule has 1 spiro atoms. The lowest BCUT2D eigenvalue weighted by molar-refractivity contribution is 0.0411. The zero-order valence-corrected chi connectivity index (χ0v) is 15.3. The molecule has 0 saturated carbocycles. The SMILES string of the molecule is COCC1CCS(=O)(=O)C12CN(Cc1cc(OC)cc(OC)c1)C2. The van der Waals surface area contributed by atoms with Crippen LogP contribution in [0.5, 0.6) is 11.5 Å². The van der Waals surface area contributed by atoms with Gasteiger partial charge in [-0.15, -0.1) is 0 Å². The summed E-state index contributed by atoms with van der Waals surface area (Å²) in [7, 11) is 1.84. The first-order valence-electron chi connectivity index (χ1n) is 8.09. The molecular weight excluding hydrogens is 330 g/mol. The molecule has 0 N–H and O–H groups in total. The number of sulfone groups is 1. The first-order chi connectivity index (χ1) is 11.4. The summed E-state index contributed by atoms with van der Waals surface area (Å²) in [5.41, 5.74) is 1.06. The number of hydrogen-bond donors (Lipinski definition) is 0. The molecule has 2 fully saturated rings. The Kier molecular flexibility index (Phi) is 4.77. The fourth-order valence-electron chi connectivity index (χ4n) is 3.95. The van der Waals surface area contributed by atoms with Crippen LogP contribution in [0.3, 0.4) is 0 Å². The number of rotatable bonds is 6. The van der Waals surface area contributed by atoms with Crippen LogP contribution in [0.15, 0.2) is 18.2 Å². The van der Waals surface area contributed by atoms with Gasteiger partial charge in [-0.05, 0) is 24.1 Å². The molecule has 0 amide bonds. The summed E-state index contributed by atoms with van der Waals surface area (Å²) in [6, 6.07) is 5.75. The summed E-state index contributed by atoms with van der Waals surface area (Å²) in [6.45, 7) is 2.34. The van der Waals surface area contributed by atoms with E-state index in [2.05, 4.69) is 4.90 Å². The minimum atomic E-state index is -3.04. The molecule has 2 heterocycles. The minimum absolute atomic E-state index is 0.101. The van der Waals surface area contributed by atoms with Crippen molar-refractivity contribution in [3.05, 3.63) is 23.8 Å². The van der Waals surface area contributed by atoms with E-state index < -0.39 is 14.6 Å². The fourth-order valence-corrected chi connectivity index (χ4v) is 6.40. The maximum absolute atomic E-state index is 12.5. The summed E-state index contributed by atoms with van der Waals surface area (Å²) in [4.78, 5) is 2.17. The van der Waals surface area contributed by atoms with Crippen molar-refractivity contribution < 1.29 is 22.6 Å². The second kappa shape index (κ2) is 6.54. The summed E-state index contributed by atoms with van der Waals surface area (Å²) in [6.07, 6.45) is 0.705. The molecule has 0 aromatic heterocycles. The maximum Gasteiger partial charge on any atom is 0.158 e. The predicted octanol–water partition coefficient (Wildman–Crippen LogP) is 1.34. The first-order valence-corrected chi connectivity index (χ1v) is 9.75. The monoisotopic (exact) mass is 355 g/mol. The van der Waals surface area contributed by atoms with Crippen LogP contribution in [0.25, 0.3) is 0 Å². The van der Waals surface area contributed by atoms with Crippen molar-refractivity contribution in [3.8, 4) is 11.5 Å². The van der Waals surface area contributed by atoms with E-state index in [1.807, 2.05) is 18.2 Å². The number of nitrogens with zero attached hydrogens (tertiary/aromatic N) is 1. The molecule has 0 aliphatic carbocycles. The average molecular weight is 355 g/mol. The van der Waals surface area contributed by atoms with Crippen molar-refractivity contribution in [2.45, 2.75) is 17.7 Å². The Morgan fingerprint density at radius 3 is 2.29 bits per heavy atom. The van der Waals surface area contributed by atoms with Crippen LogP contribution >= 0.6 is 0 Å². The minimum Gasteiger partial charge on any atom is -0.497 e. The molecule has 2 aliphatic rings.